The van der Waals surface area contributed by atoms with Gasteiger partial charge in [-0.3, -0.25) is 4.79 Å². The van der Waals surface area contributed by atoms with Crippen molar-refractivity contribution in [2.24, 2.45) is 0 Å². The maximum absolute atomic E-state index is 11.3. The summed E-state index contributed by atoms with van der Waals surface area (Å²) in [6.07, 6.45) is 2.11. The van der Waals surface area contributed by atoms with Crippen molar-refractivity contribution in [3.63, 3.8) is 0 Å². The number of nitrogens with zero attached hydrogens (tertiary/aromatic N) is 3. The van der Waals surface area contributed by atoms with Crippen molar-refractivity contribution in [1.29, 1.82) is 0 Å². The van der Waals surface area contributed by atoms with Crippen LogP contribution >= 0.6 is 0 Å². The monoisotopic (exact) mass is 223 g/mol. The molecule has 6 nitrogen and oxygen atoms in total. The Balaban J connectivity index is 2.40. The van der Waals surface area contributed by atoms with Crippen LogP contribution in [0.2, 0.25) is 0 Å². The second kappa shape index (κ2) is 5.89. The number of carbonyl (C=O) groups excluding carboxylic acids is 1. The molecule has 0 spiro atoms. The van der Waals surface area contributed by atoms with Gasteiger partial charge in [-0.15, -0.1) is 0 Å². The van der Waals surface area contributed by atoms with Crippen LogP contribution in [0.15, 0.2) is 12.3 Å². The van der Waals surface area contributed by atoms with Crippen LogP contribution in [0.5, 0.6) is 0 Å². The smallest absolute Gasteiger partial charge is 0.224 e. The standard InChI is InChI=1S/C10H17N5O/c1-11-10-13-6-4-8(14-10)12-7-5-9(16)15(2)3/h4,6H,5,7H2,1-3H3,(H2,11,12,13,14). The first-order chi connectivity index (χ1) is 7.63. The van der Waals surface area contributed by atoms with Crippen molar-refractivity contribution in [2.75, 3.05) is 38.3 Å². The molecule has 0 unspecified atom stereocenters. The normalized spacial score (nSPS) is 9.69. The van der Waals surface area contributed by atoms with E-state index in [0.29, 0.717) is 24.7 Å². The Morgan fingerprint density at radius 2 is 2.25 bits per heavy atom. The van der Waals surface area contributed by atoms with Gasteiger partial charge < -0.3 is 15.5 Å². The van der Waals surface area contributed by atoms with Crippen molar-refractivity contribution in [3.8, 4) is 0 Å². The third kappa shape index (κ3) is 3.72. The van der Waals surface area contributed by atoms with Gasteiger partial charge >= 0.3 is 0 Å². The Morgan fingerprint density at radius 3 is 2.88 bits per heavy atom. The minimum atomic E-state index is 0.0930. The highest BCUT2D eigenvalue weighted by Crippen LogP contribution is 2.04. The molecule has 0 bridgehead atoms. The maximum Gasteiger partial charge on any atom is 0.224 e. The van der Waals surface area contributed by atoms with Crippen LogP contribution in [0.1, 0.15) is 6.42 Å². The number of hydrogen-bond acceptors (Lipinski definition) is 5. The fraction of sp³-hybridized carbons (Fsp3) is 0.500. The van der Waals surface area contributed by atoms with Crippen molar-refractivity contribution in [3.05, 3.63) is 12.3 Å². The predicted octanol–water partition coefficient (Wildman–Crippen LogP) is 0.408. The Hall–Kier alpha value is -1.85. The third-order valence-electron chi connectivity index (χ3n) is 2.02. The molecule has 1 heterocycles. The van der Waals surface area contributed by atoms with Crippen LogP contribution in [-0.4, -0.2) is 48.5 Å². The average Bonchev–Trinajstić information content (AvgIpc) is 2.29. The topological polar surface area (TPSA) is 70.2 Å². The van der Waals surface area contributed by atoms with E-state index in [0.717, 1.165) is 0 Å². The molecule has 0 aliphatic heterocycles. The zero-order valence-electron chi connectivity index (χ0n) is 9.82. The first kappa shape index (κ1) is 12.2. The minimum Gasteiger partial charge on any atom is -0.369 e. The molecule has 0 aliphatic carbocycles. The number of carbonyl (C=O) groups is 1. The van der Waals surface area contributed by atoms with Crippen LogP contribution in [0, 0.1) is 0 Å². The van der Waals surface area contributed by atoms with E-state index in [4.69, 9.17) is 0 Å². The largest absolute Gasteiger partial charge is 0.369 e. The summed E-state index contributed by atoms with van der Waals surface area (Å²) in [5, 5.41) is 5.91. The van der Waals surface area contributed by atoms with Gasteiger partial charge in [-0.05, 0) is 6.07 Å². The molecule has 1 amide bonds. The lowest BCUT2D eigenvalue weighted by molar-refractivity contribution is -0.128. The van der Waals surface area contributed by atoms with E-state index < -0.39 is 0 Å². The molecule has 0 aliphatic rings. The zero-order valence-corrected chi connectivity index (χ0v) is 9.82. The molecular formula is C10H17N5O. The van der Waals surface area contributed by atoms with Gasteiger partial charge in [0.05, 0.1) is 0 Å². The molecule has 6 heteroatoms. The molecule has 1 rings (SSSR count). The number of amides is 1. The van der Waals surface area contributed by atoms with Gasteiger partial charge in [-0.25, -0.2) is 4.98 Å². The van der Waals surface area contributed by atoms with Gasteiger partial charge in [0.2, 0.25) is 11.9 Å². The van der Waals surface area contributed by atoms with Crippen LogP contribution in [0.4, 0.5) is 11.8 Å². The Bertz CT molecular complexity index is 353. The third-order valence-corrected chi connectivity index (χ3v) is 2.02. The van der Waals surface area contributed by atoms with Gasteiger partial charge in [0.15, 0.2) is 0 Å². The molecule has 0 radical (unpaired) electrons. The maximum atomic E-state index is 11.3. The van der Waals surface area contributed by atoms with Gasteiger partial charge in [-0.2, -0.15) is 4.98 Å². The molecule has 16 heavy (non-hydrogen) atoms. The van der Waals surface area contributed by atoms with E-state index in [1.54, 1.807) is 38.3 Å². The molecule has 2 N–H and O–H groups in total. The second-order valence-corrected chi connectivity index (χ2v) is 3.48. The molecule has 0 atom stereocenters. The zero-order chi connectivity index (χ0) is 12.0. The quantitative estimate of drug-likeness (QED) is 0.756. The SMILES string of the molecule is CNc1nccc(NCCC(=O)N(C)C)n1. The fourth-order valence-electron chi connectivity index (χ4n) is 1.10. The molecule has 0 saturated heterocycles. The van der Waals surface area contributed by atoms with Crippen LogP contribution in [0.25, 0.3) is 0 Å². The van der Waals surface area contributed by atoms with Crippen LogP contribution in [-0.2, 0) is 4.79 Å². The molecule has 0 aromatic carbocycles. The van der Waals surface area contributed by atoms with Crippen molar-refractivity contribution in [1.82, 2.24) is 14.9 Å². The number of nitrogens with one attached hydrogen (secondary N) is 2. The number of rotatable bonds is 5. The summed E-state index contributed by atoms with van der Waals surface area (Å²) >= 11 is 0. The average molecular weight is 223 g/mol. The summed E-state index contributed by atoms with van der Waals surface area (Å²) in [4.78, 5) is 21.0. The molecule has 1 aromatic heterocycles. The molecule has 1 aromatic rings. The summed E-state index contributed by atoms with van der Waals surface area (Å²) in [7, 11) is 5.24. The summed E-state index contributed by atoms with van der Waals surface area (Å²) in [5.41, 5.74) is 0. The lowest BCUT2D eigenvalue weighted by atomic mass is 10.4. The highest BCUT2D eigenvalue weighted by Gasteiger charge is 2.03. The van der Waals surface area contributed by atoms with Crippen molar-refractivity contribution >= 4 is 17.7 Å². The van der Waals surface area contributed by atoms with E-state index in [2.05, 4.69) is 20.6 Å². The fourth-order valence-corrected chi connectivity index (χ4v) is 1.10. The molecule has 88 valence electrons. The Kier molecular flexibility index (Phi) is 4.50. The summed E-state index contributed by atoms with van der Waals surface area (Å²) in [6, 6.07) is 1.76. The highest BCUT2D eigenvalue weighted by molar-refractivity contribution is 5.76. The van der Waals surface area contributed by atoms with Gasteiger partial charge in [0.1, 0.15) is 5.82 Å². The van der Waals surface area contributed by atoms with Crippen molar-refractivity contribution in [2.45, 2.75) is 6.42 Å². The van der Waals surface area contributed by atoms with Crippen molar-refractivity contribution < 1.29 is 4.79 Å². The summed E-state index contributed by atoms with van der Waals surface area (Å²) < 4.78 is 0. The number of aromatic nitrogens is 2. The second-order valence-electron chi connectivity index (χ2n) is 3.48. The van der Waals surface area contributed by atoms with E-state index in [1.807, 2.05) is 0 Å². The summed E-state index contributed by atoms with van der Waals surface area (Å²) in [5.74, 6) is 1.37. The lowest BCUT2D eigenvalue weighted by Crippen LogP contribution is -2.24. The van der Waals surface area contributed by atoms with E-state index in [1.165, 1.54) is 0 Å². The van der Waals surface area contributed by atoms with Crippen LogP contribution < -0.4 is 10.6 Å². The van der Waals surface area contributed by atoms with Gasteiger partial charge in [0.25, 0.3) is 0 Å². The highest BCUT2D eigenvalue weighted by atomic mass is 16.2. The first-order valence-electron chi connectivity index (χ1n) is 5.08. The predicted molar refractivity (Wildman–Crippen MR) is 63.4 cm³/mol. The minimum absolute atomic E-state index is 0.0930. The molecule has 0 fully saturated rings. The van der Waals surface area contributed by atoms with E-state index >= 15 is 0 Å². The van der Waals surface area contributed by atoms with Crippen LogP contribution in [0.3, 0.4) is 0 Å². The number of hydrogen-bond donors (Lipinski definition) is 2. The lowest BCUT2D eigenvalue weighted by Gasteiger charge is -2.10. The van der Waals surface area contributed by atoms with Gasteiger partial charge in [0, 0.05) is 40.3 Å². The number of anilines is 2. The van der Waals surface area contributed by atoms with E-state index in [9.17, 15) is 4.79 Å². The van der Waals surface area contributed by atoms with E-state index in [-0.39, 0.29) is 5.91 Å². The molecular weight excluding hydrogens is 206 g/mol. The first-order valence-corrected chi connectivity index (χ1v) is 5.08. The Morgan fingerprint density at radius 1 is 1.50 bits per heavy atom. The molecule has 0 saturated carbocycles. The Labute approximate surface area is 95.1 Å². The summed E-state index contributed by atoms with van der Waals surface area (Å²) in [6.45, 7) is 0.567. The van der Waals surface area contributed by atoms with Gasteiger partial charge in [-0.1, -0.05) is 0 Å².